The van der Waals surface area contributed by atoms with Gasteiger partial charge in [0.2, 0.25) is 0 Å². The van der Waals surface area contributed by atoms with Gasteiger partial charge in [0, 0.05) is 23.7 Å². The Morgan fingerprint density at radius 1 is 1.24 bits per heavy atom. The maximum atomic E-state index is 6.04. The molecule has 2 aromatic rings. The summed E-state index contributed by atoms with van der Waals surface area (Å²) in [6.07, 6.45) is 3.45. The molecule has 5 heteroatoms. The number of likely N-dealkylation sites (tertiary alicyclic amines) is 1. The molecule has 134 valence electrons. The number of hydrogen-bond acceptors (Lipinski definition) is 3. The molecular weight excluding hydrogens is 328 g/mol. The third-order valence-corrected chi connectivity index (χ3v) is 5.68. The number of nitrogens with zero attached hydrogens (tertiary/aromatic N) is 2. The summed E-state index contributed by atoms with van der Waals surface area (Å²) in [6, 6.07) is 12.7. The molecule has 1 aromatic carbocycles. The maximum Gasteiger partial charge on any atom is 0.193 e. The summed E-state index contributed by atoms with van der Waals surface area (Å²) in [5.41, 5.74) is 8.37. The lowest BCUT2D eigenvalue weighted by atomic mass is 9.97. The molecular formula is C20H28N4S. The molecule has 0 bridgehead atoms. The predicted molar refractivity (Wildman–Crippen MR) is 108 cm³/mol. The van der Waals surface area contributed by atoms with Crippen molar-refractivity contribution in [3.63, 3.8) is 0 Å². The lowest BCUT2D eigenvalue weighted by Crippen LogP contribution is -2.34. The van der Waals surface area contributed by atoms with Gasteiger partial charge >= 0.3 is 0 Å². The van der Waals surface area contributed by atoms with Crippen molar-refractivity contribution < 1.29 is 0 Å². The van der Waals surface area contributed by atoms with Crippen LogP contribution in [-0.2, 0) is 13.0 Å². The van der Waals surface area contributed by atoms with E-state index in [-0.39, 0.29) is 0 Å². The average molecular weight is 357 g/mol. The highest BCUT2D eigenvalue weighted by Crippen LogP contribution is 2.21. The van der Waals surface area contributed by atoms with Gasteiger partial charge < -0.3 is 11.1 Å². The lowest BCUT2D eigenvalue weighted by Gasteiger charge is -2.30. The zero-order valence-electron chi connectivity index (χ0n) is 14.9. The Labute approximate surface area is 154 Å². The first kappa shape index (κ1) is 18.0. The number of nitrogens with two attached hydrogens (primary N) is 1. The number of aryl methyl sites for hydroxylation is 1. The smallest absolute Gasteiger partial charge is 0.193 e. The minimum absolute atomic E-state index is 0.519. The molecule has 0 saturated carbocycles. The summed E-state index contributed by atoms with van der Waals surface area (Å²) >= 11 is 1.85. The number of hydrogen-bond donors (Lipinski definition) is 2. The molecule has 1 saturated heterocycles. The largest absolute Gasteiger partial charge is 0.370 e. The Bertz CT molecular complexity index is 656. The van der Waals surface area contributed by atoms with Crippen LogP contribution in [0.2, 0.25) is 0 Å². The van der Waals surface area contributed by atoms with Crippen LogP contribution in [0, 0.1) is 5.92 Å². The van der Waals surface area contributed by atoms with Crippen molar-refractivity contribution in [1.82, 2.24) is 4.90 Å². The van der Waals surface area contributed by atoms with E-state index in [9.17, 15) is 0 Å². The number of piperidine rings is 1. The molecule has 3 rings (SSSR count). The Kier molecular flexibility index (Phi) is 6.48. The Morgan fingerprint density at radius 3 is 2.64 bits per heavy atom. The highest BCUT2D eigenvalue weighted by Gasteiger charge is 2.19. The molecule has 25 heavy (non-hydrogen) atoms. The molecule has 3 N–H and O–H groups in total. The monoisotopic (exact) mass is 356 g/mol. The second-order valence-corrected chi connectivity index (χ2v) is 7.73. The number of nitrogens with one attached hydrogen (secondary N) is 1. The third-order valence-electron chi connectivity index (χ3n) is 4.82. The summed E-state index contributed by atoms with van der Waals surface area (Å²) in [7, 11) is 0. The normalized spacial score (nSPS) is 16.9. The van der Waals surface area contributed by atoms with Crippen molar-refractivity contribution in [3.05, 3.63) is 52.2 Å². The van der Waals surface area contributed by atoms with Crippen LogP contribution >= 0.6 is 11.3 Å². The minimum atomic E-state index is 0.519. The van der Waals surface area contributed by atoms with Crippen LogP contribution in [0.5, 0.6) is 0 Å². The molecule has 1 fully saturated rings. The van der Waals surface area contributed by atoms with Gasteiger partial charge in [-0.1, -0.05) is 25.1 Å². The van der Waals surface area contributed by atoms with Crippen LogP contribution in [0.25, 0.3) is 0 Å². The SMILES string of the molecule is CCc1ccc(NC(N)=NCC2CCN(Cc3cccs3)CC2)cc1. The van der Waals surface area contributed by atoms with Gasteiger partial charge in [0.05, 0.1) is 0 Å². The maximum absolute atomic E-state index is 6.04. The summed E-state index contributed by atoms with van der Waals surface area (Å²) in [5.74, 6) is 1.16. The summed E-state index contributed by atoms with van der Waals surface area (Å²) in [6.45, 7) is 6.38. The van der Waals surface area contributed by atoms with E-state index in [1.165, 1.54) is 23.3 Å². The van der Waals surface area contributed by atoms with Gasteiger partial charge in [0.1, 0.15) is 0 Å². The number of guanidine groups is 1. The number of aliphatic imine (C=N–C) groups is 1. The molecule has 0 aliphatic carbocycles. The van der Waals surface area contributed by atoms with E-state index in [4.69, 9.17) is 5.73 Å². The van der Waals surface area contributed by atoms with E-state index < -0.39 is 0 Å². The van der Waals surface area contributed by atoms with E-state index in [0.717, 1.165) is 38.3 Å². The van der Waals surface area contributed by atoms with E-state index >= 15 is 0 Å². The summed E-state index contributed by atoms with van der Waals surface area (Å²) in [5, 5.41) is 5.35. The summed E-state index contributed by atoms with van der Waals surface area (Å²) < 4.78 is 0. The van der Waals surface area contributed by atoms with Crippen LogP contribution in [0.3, 0.4) is 0 Å². The first-order valence-electron chi connectivity index (χ1n) is 9.13. The average Bonchev–Trinajstić information content (AvgIpc) is 3.15. The van der Waals surface area contributed by atoms with Gasteiger partial charge in [-0.2, -0.15) is 0 Å². The number of thiophene rings is 1. The zero-order valence-corrected chi connectivity index (χ0v) is 15.8. The van der Waals surface area contributed by atoms with E-state index in [1.807, 2.05) is 11.3 Å². The second kappa shape index (κ2) is 9.02. The van der Waals surface area contributed by atoms with Gasteiger partial charge in [-0.15, -0.1) is 11.3 Å². The molecule has 0 radical (unpaired) electrons. The van der Waals surface area contributed by atoms with Crippen molar-refractivity contribution in [3.8, 4) is 0 Å². The van der Waals surface area contributed by atoms with Crippen LogP contribution in [0.1, 0.15) is 30.2 Å². The summed E-state index contributed by atoms with van der Waals surface area (Å²) in [4.78, 5) is 8.56. The van der Waals surface area contributed by atoms with Crippen molar-refractivity contribution >= 4 is 23.0 Å². The van der Waals surface area contributed by atoms with Crippen LogP contribution in [0.15, 0.2) is 46.8 Å². The standard InChI is InChI=1S/C20H28N4S/c1-2-16-5-7-18(8-6-16)23-20(21)22-14-17-9-11-24(12-10-17)15-19-4-3-13-25-19/h3-8,13,17H,2,9-12,14-15H2,1H3,(H3,21,22,23). The Morgan fingerprint density at radius 2 is 2.00 bits per heavy atom. The lowest BCUT2D eigenvalue weighted by molar-refractivity contribution is 0.182. The van der Waals surface area contributed by atoms with E-state index in [2.05, 4.69) is 63.9 Å². The highest BCUT2D eigenvalue weighted by molar-refractivity contribution is 7.09. The van der Waals surface area contributed by atoms with E-state index in [1.54, 1.807) is 0 Å². The fourth-order valence-corrected chi connectivity index (χ4v) is 3.93. The molecule has 0 amide bonds. The molecule has 2 heterocycles. The molecule has 1 aliphatic heterocycles. The molecule has 1 aromatic heterocycles. The number of benzene rings is 1. The van der Waals surface area contributed by atoms with Crippen molar-refractivity contribution in [2.24, 2.45) is 16.6 Å². The first-order valence-corrected chi connectivity index (χ1v) is 10.0. The molecule has 4 nitrogen and oxygen atoms in total. The molecule has 0 atom stereocenters. The fraction of sp³-hybridized carbons (Fsp3) is 0.450. The topological polar surface area (TPSA) is 53.6 Å². The number of rotatable bonds is 6. The van der Waals surface area contributed by atoms with Gasteiger partial charge in [0.25, 0.3) is 0 Å². The van der Waals surface area contributed by atoms with Gasteiger partial charge in [-0.25, -0.2) is 0 Å². The first-order chi connectivity index (χ1) is 12.2. The zero-order chi connectivity index (χ0) is 17.5. The Hall–Kier alpha value is -1.85. The van der Waals surface area contributed by atoms with E-state index in [0.29, 0.717) is 11.9 Å². The highest BCUT2D eigenvalue weighted by atomic mass is 32.1. The molecule has 1 aliphatic rings. The van der Waals surface area contributed by atoms with Gasteiger partial charge in [-0.05, 0) is 67.4 Å². The Balaban J connectivity index is 1.41. The van der Waals surface area contributed by atoms with Crippen molar-refractivity contribution in [2.75, 3.05) is 25.0 Å². The molecule has 0 spiro atoms. The van der Waals surface area contributed by atoms with Crippen LogP contribution in [-0.4, -0.2) is 30.5 Å². The van der Waals surface area contributed by atoms with Crippen LogP contribution in [0.4, 0.5) is 5.69 Å². The van der Waals surface area contributed by atoms with Gasteiger partial charge in [0.15, 0.2) is 5.96 Å². The van der Waals surface area contributed by atoms with Crippen molar-refractivity contribution in [1.29, 1.82) is 0 Å². The van der Waals surface area contributed by atoms with Crippen LogP contribution < -0.4 is 11.1 Å². The predicted octanol–water partition coefficient (Wildman–Crippen LogP) is 3.95. The third kappa shape index (κ3) is 5.58. The van der Waals surface area contributed by atoms with Gasteiger partial charge in [-0.3, -0.25) is 9.89 Å². The number of anilines is 1. The molecule has 0 unspecified atom stereocenters. The second-order valence-electron chi connectivity index (χ2n) is 6.70. The fourth-order valence-electron chi connectivity index (χ4n) is 3.19. The minimum Gasteiger partial charge on any atom is -0.370 e. The quantitative estimate of drug-likeness (QED) is 0.609. The van der Waals surface area contributed by atoms with Crippen molar-refractivity contribution in [2.45, 2.75) is 32.7 Å².